The van der Waals surface area contributed by atoms with Crippen molar-refractivity contribution in [1.82, 2.24) is 4.98 Å². The predicted molar refractivity (Wildman–Crippen MR) is 82.3 cm³/mol. The first kappa shape index (κ1) is 14.9. The van der Waals surface area contributed by atoms with E-state index in [4.69, 9.17) is 21.1 Å². The molecular formula is C14H13ClN2O4S. The van der Waals surface area contributed by atoms with Gasteiger partial charge in [-0.2, -0.15) is 0 Å². The van der Waals surface area contributed by atoms with Crippen LogP contribution in [0.1, 0.15) is 0 Å². The van der Waals surface area contributed by atoms with E-state index in [1.165, 1.54) is 25.4 Å². The van der Waals surface area contributed by atoms with Crippen LogP contribution in [0.5, 0.6) is 11.5 Å². The molecule has 0 radical (unpaired) electrons. The number of ether oxygens (including phenoxy) is 2. The van der Waals surface area contributed by atoms with Gasteiger partial charge in [0.05, 0.1) is 5.02 Å². The van der Waals surface area contributed by atoms with Gasteiger partial charge in [-0.05, 0) is 12.1 Å². The van der Waals surface area contributed by atoms with Crippen LogP contribution in [0.15, 0.2) is 41.4 Å². The Labute approximate surface area is 133 Å². The summed E-state index contributed by atoms with van der Waals surface area (Å²) < 4.78 is 37.4. The molecule has 6 nitrogen and oxygen atoms in total. The molecule has 0 unspecified atom stereocenters. The molecule has 1 aromatic carbocycles. The number of nitrogens with zero attached hydrogens (tertiary/aromatic N) is 2. The fraction of sp³-hybridized carbons (Fsp3) is 0.214. The first-order chi connectivity index (χ1) is 10.5. The fourth-order valence-electron chi connectivity index (χ4n) is 2.05. The Bertz CT molecular complexity index is 796. The number of fused-ring (bicyclic) bond motifs is 1. The van der Waals surface area contributed by atoms with E-state index in [1.807, 2.05) is 0 Å². The summed E-state index contributed by atoms with van der Waals surface area (Å²) in [6, 6.07) is 7.85. The zero-order valence-corrected chi connectivity index (χ0v) is 13.3. The van der Waals surface area contributed by atoms with Gasteiger partial charge in [-0.3, -0.25) is 4.31 Å². The second-order valence-electron chi connectivity index (χ2n) is 4.59. The van der Waals surface area contributed by atoms with Gasteiger partial charge in [0.25, 0.3) is 10.0 Å². The zero-order valence-electron chi connectivity index (χ0n) is 11.7. The largest absolute Gasteiger partial charge is 0.486 e. The maximum Gasteiger partial charge on any atom is 0.266 e. The summed E-state index contributed by atoms with van der Waals surface area (Å²) in [4.78, 5) is 3.99. The first-order valence-corrected chi connectivity index (χ1v) is 8.31. The van der Waals surface area contributed by atoms with Crippen molar-refractivity contribution in [3.63, 3.8) is 0 Å². The fourth-order valence-corrected chi connectivity index (χ4v) is 3.71. The Morgan fingerprint density at radius 1 is 1.18 bits per heavy atom. The Balaban J connectivity index is 2.06. The molecule has 116 valence electrons. The molecule has 0 amide bonds. The van der Waals surface area contributed by atoms with E-state index in [0.29, 0.717) is 30.5 Å². The quantitative estimate of drug-likeness (QED) is 0.857. The number of hydrogen-bond donors (Lipinski definition) is 0. The van der Waals surface area contributed by atoms with Crippen molar-refractivity contribution in [2.24, 2.45) is 0 Å². The molecule has 0 saturated heterocycles. The summed E-state index contributed by atoms with van der Waals surface area (Å²) >= 11 is 6.12. The Hall–Kier alpha value is -1.99. The summed E-state index contributed by atoms with van der Waals surface area (Å²) in [6.45, 7) is 0.771. The lowest BCUT2D eigenvalue weighted by Crippen LogP contribution is -2.28. The molecular weight excluding hydrogens is 328 g/mol. The van der Waals surface area contributed by atoms with Gasteiger partial charge >= 0.3 is 0 Å². The highest BCUT2D eigenvalue weighted by Gasteiger charge is 2.27. The zero-order chi connectivity index (χ0) is 15.7. The first-order valence-electron chi connectivity index (χ1n) is 6.49. The van der Waals surface area contributed by atoms with Crippen molar-refractivity contribution in [3.05, 3.63) is 41.6 Å². The lowest BCUT2D eigenvalue weighted by molar-refractivity contribution is 0.171. The van der Waals surface area contributed by atoms with Gasteiger partial charge in [0.15, 0.2) is 11.5 Å². The van der Waals surface area contributed by atoms with Crippen molar-refractivity contribution in [3.8, 4) is 11.5 Å². The van der Waals surface area contributed by atoms with Crippen molar-refractivity contribution in [2.75, 3.05) is 24.6 Å². The van der Waals surface area contributed by atoms with Crippen LogP contribution in [0, 0.1) is 0 Å². The number of pyridine rings is 1. The molecule has 0 atom stereocenters. The highest BCUT2D eigenvalue weighted by Crippen LogP contribution is 2.38. The van der Waals surface area contributed by atoms with Crippen molar-refractivity contribution >= 4 is 27.4 Å². The van der Waals surface area contributed by atoms with Gasteiger partial charge in [0, 0.05) is 25.4 Å². The van der Waals surface area contributed by atoms with Gasteiger partial charge in [-0.15, -0.1) is 0 Å². The van der Waals surface area contributed by atoms with Crippen LogP contribution >= 0.6 is 11.6 Å². The summed E-state index contributed by atoms with van der Waals surface area (Å²) in [6.07, 6.45) is 1.52. The van der Waals surface area contributed by atoms with Crippen LogP contribution in [-0.4, -0.2) is 33.7 Å². The smallest absolute Gasteiger partial charge is 0.266 e. The van der Waals surface area contributed by atoms with Gasteiger partial charge in [-0.1, -0.05) is 17.7 Å². The molecule has 0 bridgehead atoms. The van der Waals surface area contributed by atoms with Gasteiger partial charge in [0.2, 0.25) is 0 Å². The molecule has 0 aliphatic carbocycles. The lowest BCUT2D eigenvalue weighted by atomic mass is 10.3. The number of rotatable bonds is 3. The molecule has 0 N–H and O–H groups in total. The maximum absolute atomic E-state index is 12.7. The minimum absolute atomic E-state index is 0.0495. The van der Waals surface area contributed by atoms with Crippen LogP contribution < -0.4 is 13.8 Å². The molecule has 2 aromatic rings. The monoisotopic (exact) mass is 340 g/mol. The third-order valence-corrected chi connectivity index (χ3v) is 5.43. The molecule has 0 spiro atoms. The van der Waals surface area contributed by atoms with Gasteiger partial charge in [0.1, 0.15) is 23.9 Å². The van der Waals surface area contributed by atoms with E-state index >= 15 is 0 Å². The molecule has 1 aromatic heterocycles. The second kappa shape index (κ2) is 5.66. The second-order valence-corrected chi connectivity index (χ2v) is 6.93. The summed E-state index contributed by atoms with van der Waals surface area (Å²) in [5.74, 6) is 1.10. The Morgan fingerprint density at radius 2 is 1.86 bits per heavy atom. The Kier molecular flexibility index (Phi) is 3.84. The number of benzene rings is 1. The van der Waals surface area contributed by atoms with E-state index < -0.39 is 10.0 Å². The summed E-state index contributed by atoms with van der Waals surface area (Å²) in [7, 11) is -2.43. The van der Waals surface area contributed by atoms with E-state index in [-0.39, 0.29) is 9.92 Å². The minimum atomic E-state index is -3.85. The molecule has 8 heteroatoms. The van der Waals surface area contributed by atoms with E-state index in [1.54, 1.807) is 18.2 Å². The molecule has 0 fully saturated rings. The van der Waals surface area contributed by atoms with E-state index in [9.17, 15) is 8.42 Å². The average Bonchev–Trinajstić information content (AvgIpc) is 2.54. The predicted octanol–water partition coefficient (Wildman–Crippen LogP) is 2.33. The van der Waals surface area contributed by atoms with E-state index in [2.05, 4.69) is 4.98 Å². The average molecular weight is 341 g/mol. The van der Waals surface area contributed by atoms with E-state index in [0.717, 1.165) is 4.31 Å². The minimum Gasteiger partial charge on any atom is -0.486 e. The highest BCUT2D eigenvalue weighted by molar-refractivity contribution is 7.93. The van der Waals surface area contributed by atoms with Crippen molar-refractivity contribution < 1.29 is 17.9 Å². The topological polar surface area (TPSA) is 68.7 Å². The third kappa shape index (κ3) is 2.57. The number of halogens is 1. The molecule has 22 heavy (non-hydrogen) atoms. The van der Waals surface area contributed by atoms with Crippen LogP contribution in [-0.2, 0) is 10.0 Å². The van der Waals surface area contributed by atoms with Crippen LogP contribution in [0.25, 0.3) is 0 Å². The maximum atomic E-state index is 12.7. The molecule has 1 aliphatic heterocycles. The Morgan fingerprint density at radius 3 is 2.50 bits per heavy atom. The molecule has 1 aliphatic rings. The standard InChI is InChI=1S/C14H13ClN2O4S/c1-17(14-4-2-3-5-16-14)22(18,19)13-9-12-11(8-10(13)15)20-6-7-21-12/h2-5,8-9H,6-7H2,1H3. The highest BCUT2D eigenvalue weighted by atomic mass is 35.5. The number of hydrogen-bond acceptors (Lipinski definition) is 5. The number of aromatic nitrogens is 1. The van der Waals surface area contributed by atoms with Crippen molar-refractivity contribution in [1.29, 1.82) is 0 Å². The lowest BCUT2D eigenvalue weighted by Gasteiger charge is -2.22. The summed E-state index contributed by atoms with van der Waals surface area (Å²) in [5.41, 5.74) is 0. The van der Waals surface area contributed by atoms with Crippen LogP contribution in [0.2, 0.25) is 5.02 Å². The summed E-state index contributed by atoms with van der Waals surface area (Å²) in [5, 5.41) is 0.0760. The van der Waals surface area contributed by atoms with Crippen LogP contribution in [0.4, 0.5) is 5.82 Å². The molecule has 0 saturated carbocycles. The number of anilines is 1. The third-order valence-electron chi connectivity index (χ3n) is 3.21. The molecule has 3 rings (SSSR count). The normalized spacial score (nSPS) is 13.7. The van der Waals surface area contributed by atoms with Gasteiger partial charge < -0.3 is 9.47 Å². The molecule has 2 heterocycles. The van der Waals surface area contributed by atoms with Crippen molar-refractivity contribution in [2.45, 2.75) is 4.90 Å². The SMILES string of the molecule is CN(c1ccccn1)S(=O)(=O)c1cc2c(cc1Cl)OCCO2. The van der Waals surface area contributed by atoms with Gasteiger partial charge in [-0.25, -0.2) is 13.4 Å². The van der Waals surface area contributed by atoms with Crippen LogP contribution in [0.3, 0.4) is 0 Å². The number of sulfonamides is 1.